The Kier molecular flexibility index (Phi) is 4.99. The monoisotopic (exact) mass is 311 g/mol. The molecular formula is C20H25NO2. The second kappa shape index (κ2) is 7.16. The molecular weight excluding hydrogens is 286 g/mol. The van der Waals surface area contributed by atoms with Gasteiger partial charge in [-0.2, -0.15) is 0 Å². The fourth-order valence-electron chi connectivity index (χ4n) is 3.54. The standard InChI is InChI=1S/C20H25NO2/c1-23-18-12-10-16(11-13-18)15-21-20(14-6-5-9-19(20)22)17-7-3-2-4-8-17/h2-4,7-8,10-13,19,21-22H,5-6,9,14-15H2,1H3. The summed E-state index contributed by atoms with van der Waals surface area (Å²) in [4.78, 5) is 0. The molecule has 2 atom stereocenters. The van der Waals surface area contributed by atoms with Crippen molar-refractivity contribution in [3.05, 3.63) is 65.7 Å². The van der Waals surface area contributed by atoms with E-state index in [-0.39, 0.29) is 11.6 Å². The van der Waals surface area contributed by atoms with Crippen LogP contribution in [0.3, 0.4) is 0 Å². The third kappa shape index (κ3) is 3.41. The van der Waals surface area contributed by atoms with Gasteiger partial charge in [0.15, 0.2) is 0 Å². The fourth-order valence-corrected chi connectivity index (χ4v) is 3.54. The molecule has 0 bridgehead atoms. The summed E-state index contributed by atoms with van der Waals surface area (Å²) in [6, 6.07) is 18.5. The summed E-state index contributed by atoms with van der Waals surface area (Å²) in [5.41, 5.74) is 2.03. The number of methoxy groups -OCH3 is 1. The van der Waals surface area contributed by atoms with Gasteiger partial charge in [-0.3, -0.25) is 0 Å². The maximum absolute atomic E-state index is 10.8. The fraction of sp³-hybridized carbons (Fsp3) is 0.400. The molecule has 1 aliphatic carbocycles. The average Bonchev–Trinajstić information content (AvgIpc) is 2.62. The van der Waals surface area contributed by atoms with Crippen LogP contribution in [0.25, 0.3) is 0 Å². The molecule has 23 heavy (non-hydrogen) atoms. The van der Waals surface area contributed by atoms with E-state index < -0.39 is 0 Å². The highest BCUT2D eigenvalue weighted by atomic mass is 16.5. The molecule has 1 aliphatic rings. The topological polar surface area (TPSA) is 41.5 Å². The van der Waals surface area contributed by atoms with Crippen LogP contribution in [0.5, 0.6) is 5.75 Å². The van der Waals surface area contributed by atoms with Crippen molar-refractivity contribution in [2.45, 2.75) is 43.9 Å². The van der Waals surface area contributed by atoms with Crippen LogP contribution in [0.15, 0.2) is 54.6 Å². The van der Waals surface area contributed by atoms with Gasteiger partial charge in [-0.25, -0.2) is 0 Å². The molecule has 1 saturated carbocycles. The molecule has 2 aromatic rings. The largest absolute Gasteiger partial charge is 0.497 e. The predicted octanol–water partition coefficient (Wildman–Crippen LogP) is 3.62. The average molecular weight is 311 g/mol. The number of ether oxygens (including phenoxy) is 1. The Hall–Kier alpha value is -1.84. The van der Waals surface area contributed by atoms with Gasteiger partial charge in [0.1, 0.15) is 5.75 Å². The van der Waals surface area contributed by atoms with Crippen LogP contribution in [-0.4, -0.2) is 18.3 Å². The van der Waals surface area contributed by atoms with Crippen molar-refractivity contribution >= 4 is 0 Å². The smallest absolute Gasteiger partial charge is 0.118 e. The van der Waals surface area contributed by atoms with Gasteiger partial charge in [-0.15, -0.1) is 0 Å². The van der Waals surface area contributed by atoms with Gasteiger partial charge >= 0.3 is 0 Å². The van der Waals surface area contributed by atoms with Gasteiger partial charge in [0.2, 0.25) is 0 Å². The van der Waals surface area contributed by atoms with E-state index in [9.17, 15) is 5.11 Å². The van der Waals surface area contributed by atoms with Gasteiger partial charge in [-0.1, -0.05) is 55.3 Å². The second-order valence-corrected chi connectivity index (χ2v) is 6.30. The summed E-state index contributed by atoms with van der Waals surface area (Å²) >= 11 is 0. The Morgan fingerprint density at radius 3 is 2.48 bits per heavy atom. The van der Waals surface area contributed by atoms with Gasteiger partial charge in [-0.05, 0) is 36.1 Å². The molecule has 0 aromatic heterocycles. The summed E-state index contributed by atoms with van der Waals surface area (Å²) in [6.07, 6.45) is 3.71. The number of benzene rings is 2. The third-order valence-electron chi connectivity index (χ3n) is 4.92. The molecule has 3 nitrogen and oxygen atoms in total. The lowest BCUT2D eigenvalue weighted by molar-refractivity contribution is 0.0192. The van der Waals surface area contributed by atoms with Crippen LogP contribution < -0.4 is 10.1 Å². The second-order valence-electron chi connectivity index (χ2n) is 6.30. The normalized spacial score (nSPS) is 24.3. The zero-order chi connectivity index (χ0) is 16.1. The summed E-state index contributed by atoms with van der Waals surface area (Å²) in [5, 5.41) is 14.4. The lowest BCUT2D eigenvalue weighted by Gasteiger charge is -2.43. The number of nitrogens with one attached hydrogen (secondary N) is 1. The zero-order valence-electron chi connectivity index (χ0n) is 13.7. The van der Waals surface area contributed by atoms with Gasteiger partial charge in [0.25, 0.3) is 0 Å². The summed E-state index contributed by atoms with van der Waals surface area (Å²) in [6.45, 7) is 0.732. The van der Waals surface area contributed by atoms with E-state index in [1.807, 2.05) is 30.3 Å². The highest BCUT2D eigenvalue weighted by Crippen LogP contribution is 2.37. The Labute approximate surface area is 138 Å². The lowest BCUT2D eigenvalue weighted by atomic mass is 9.74. The maximum Gasteiger partial charge on any atom is 0.118 e. The first-order valence-corrected chi connectivity index (χ1v) is 8.36. The summed E-state index contributed by atoms with van der Waals surface area (Å²) < 4.78 is 5.21. The number of hydrogen-bond acceptors (Lipinski definition) is 3. The Balaban J connectivity index is 1.81. The van der Waals surface area contributed by atoms with E-state index in [4.69, 9.17) is 4.74 Å². The number of aliphatic hydroxyl groups excluding tert-OH is 1. The van der Waals surface area contributed by atoms with Crippen molar-refractivity contribution in [3.63, 3.8) is 0 Å². The molecule has 0 amide bonds. The molecule has 0 spiro atoms. The number of hydrogen-bond donors (Lipinski definition) is 2. The highest BCUT2D eigenvalue weighted by Gasteiger charge is 2.40. The van der Waals surface area contributed by atoms with Crippen LogP contribution in [-0.2, 0) is 12.1 Å². The minimum absolute atomic E-state index is 0.348. The molecule has 0 aliphatic heterocycles. The van der Waals surface area contributed by atoms with Crippen LogP contribution in [0.1, 0.15) is 36.8 Å². The van der Waals surface area contributed by atoms with Crippen molar-refractivity contribution in [3.8, 4) is 5.75 Å². The zero-order valence-corrected chi connectivity index (χ0v) is 13.7. The maximum atomic E-state index is 10.8. The van der Waals surface area contributed by atoms with E-state index in [1.165, 1.54) is 11.1 Å². The van der Waals surface area contributed by atoms with Crippen molar-refractivity contribution in [2.24, 2.45) is 0 Å². The number of rotatable bonds is 5. The summed E-state index contributed by atoms with van der Waals surface area (Å²) in [5.74, 6) is 0.865. The molecule has 2 unspecified atom stereocenters. The first kappa shape index (κ1) is 16.0. The SMILES string of the molecule is COc1ccc(CNC2(c3ccccc3)CCCCC2O)cc1. The van der Waals surface area contributed by atoms with Crippen LogP contribution in [0.2, 0.25) is 0 Å². The van der Waals surface area contributed by atoms with Crippen molar-refractivity contribution in [1.29, 1.82) is 0 Å². The minimum Gasteiger partial charge on any atom is -0.497 e. The van der Waals surface area contributed by atoms with Crippen LogP contribution in [0.4, 0.5) is 0 Å². The van der Waals surface area contributed by atoms with E-state index in [0.29, 0.717) is 0 Å². The highest BCUT2D eigenvalue weighted by molar-refractivity contribution is 5.30. The lowest BCUT2D eigenvalue weighted by Crippen LogP contribution is -2.53. The molecule has 2 N–H and O–H groups in total. The summed E-state index contributed by atoms with van der Waals surface area (Å²) in [7, 11) is 1.68. The molecule has 2 aromatic carbocycles. The van der Waals surface area contributed by atoms with Crippen molar-refractivity contribution in [2.75, 3.05) is 7.11 Å². The van der Waals surface area contributed by atoms with Crippen LogP contribution in [0, 0.1) is 0 Å². The first-order valence-electron chi connectivity index (χ1n) is 8.36. The molecule has 0 radical (unpaired) electrons. The quantitative estimate of drug-likeness (QED) is 0.886. The molecule has 0 heterocycles. The van der Waals surface area contributed by atoms with Crippen LogP contribution >= 0.6 is 0 Å². The van der Waals surface area contributed by atoms with E-state index in [2.05, 4.69) is 29.6 Å². The molecule has 3 heteroatoms. The third-order valence-corrected chi connectivity index (χ3v) is 4.92. The van der Waals surface area contributed by atoms with E-state index >= 15 is 0 Å². The van der Waals surface area contributed by atoms with Gasteiger partial charge in [0, 0.05) is 6.54 Å². The van der Waals surface area contributed by atoms with Crippen molar-refractivity contribution in [1.82, 2.24) is 5.32 Å². The Bertz CT molecular complexity index is 611. The number of aliphatic hydroxyl groups is 1. The van der Waals surface area contributed by atoms with E-state index in [0.717, 1.165) is 38.0 Å². The Morgan fingerprint density at radius 2 is 1.83 bits per heavy atom. The van der Waals surface area contributed by atoms with Crippen molar-refractivity contribution < 1.29 is 9.84 Å². The molecule has 122 valence electrons. The molecule has 0 saturated heterocycles. The minimum atomic E-state index is -0.350. The van der Waals surface area contributed by atoms with Gasteiger partial charge < -0.3 is 15.2 Å². The van der Waals surface area contributed by atoms with Gasteiger partial charge in [0.05, 0.1) is 18.8 Å². The Morgan fingerprint density at radius 1 is 1.09 bits per heavy atom. The van der Waals surface area contributed by atoms with E-state index in [1.54, 1.807) is 7.11 Å². The molecule has 1 fully saturated rings. The molecule has 3 rings (SSSR count). The first-order chi connectivity index (χ1) is 11.2. The predicted molar refractivity (Wildman–Crippen MR) is 92.4 cm³/mol.